The zero-order chi connectivity index (χ0) is 17.4. The standard InChI is InChI=1S/C16H17F3N2O2/c1-9-12(13(21-23-9)15(2,3)4)14(22)20-11-8-6-5-7-10(11)16(17,18)19/h5-8H,1-4H3,(H,20,22). The van der Waals surface area contributed by atoms with Gasteiger partial charge in [0.05, 0.1) is 11.3 Å². The maximum Gasteiger partial charge on any atom is 0.418 e. The number of aryl methyl sites for hydroxylation is 1. The zero-order valence-corrected chi connectivity index (χ0v) is 13.2. The van der Waals surface area contributed by atoms with Crippen molar-refractivity contribution in [3.63, 3.8) is 0 Å². The quantitative estimate of drug-likeness (QED) is 0.881. The van der Waals surface area contributed by atoms with E-state index in [1.807, 2.05) is 20.8 Å². The van der Waals surface area contributed by atoms with Gasteiger partial charge in [-0.25, -0.2) is 0 Å². The number of alkyl halides is 3. The Balaban J connectivity index is 2.41. The molecule has 0 aliphatic heterocycles. The molecule has 0 saturated heterocycles. The number of hydrogen-bond acceptors (Lipinski definition) is 3. The molecule has 1 aromatic carbocycles. The second-order valence-corrected chi connectivity index (χ2v) is 6.21. The molecular weight excluding hydrogens is 309 g/mol. The van der Waals surface area contributed by atoms with Crippen molar-refractivity contribution in [1.82, 2.24) is 5.16 Å². The lowest BCUT2D eigenvalue weighted by atomic mass is 9.88. The Morgan fingerprint density at radius 3 is 2.35 bits per heavy atom. The summed E-state index contributed by atoms with van der Waals surface area (Å²) in [6, 6.07) is 4.82. The van der Waals surface area contributed by atoms with Gasteiger partial charge in [-0.1, -0.05) is 38.1 Å². The third-order valence-electron chi connectivity index (χ3n) is 3.28. The predicted octanol–water partition coefficient (Wildman–Crippen LogP) is 4.55. The number of nitrogens with zero attached hydrogens (tertiary/aromatic N) is 1. The first-order valence-corrected chi connectivity index (χ1v) is 6.96. The summed E-state index contributed by atoms with van der Waals surface area (Å²) >= 11 is 0. The first-order chi connectivity index (χ1) is 10.5. The molecule has 1 heterocycles. The Morgan fingerprint density at radius 1 is 1.17 bits per heavy atom. The third-order valence-corrected chi connectivity index (χ3v) is 3.28. The van der Waals surface area contributed by atoms with Crippen LogP contribution in [0.25, 0.3) is 0 Å². The summed E-state index contributed by atoms with van der Waals surface area (Å²) in [6.07, 6.45) is -4.56. The van der Waals surface area contributed by atoms with Crippen LogP contribution in [0.1, 0.15) is 48.1 Å². The minimum atomic E-state index is -4.56. The molecule has 4 nitrogen and oxygen atoms in total. The number of hydrogen-bond donors (Lipinski definition) is 1. The zero-order valence-electron chi connectivity index (χ0n) is 13.2. The predicted molar refractivity (Wildman–Crippen MR) is 79.3 cm³/mol. The van der Waals surface area contributed by atoms with E-state index in [4.69, 9.17) is 4.52 Å². The molecule has 1 amide bonds. The Morgan fingerprint density at radius 2 is 1.78 bits per heavy atom. The fourth-order valence-electron chi connectivity index (χ4n) is 2.18. The van der Waals surface area contributed by atoms with Crippen LogP contribution in [-0.2, 0) is 11.6 Å². The summed E-state index contributed by atoms with van der Waals surface area (Å²) in [4.78, 5) is 12.5. The highest BCUT2D eigenvalue weighted by molar-refractivity contribution is 6.06. The fraction of sp³-hybridized carbons (Fsp3) is 0.375. The van der Waals surface area contributed by atoms with Gasteiger partial charge in [0.15, 0.2) is 0 Å². The van der Waals surface area contributed by atoms with Gasteiger partial charge in [-0.3, -0.25) is 4.79 Å². The van der Waals surface area contributed by atoms with E-state index in [0.717, 1.165) is 6.07 Å². The molecule has 0 atom stereocenters. The first-order valence-electron chi connectivity index (χ1n) is 6.96. The van der Waals surface area contributed by atoms with E-state index >= 15 is 0 Å². The monoisotopic (exact) mass is 326 g/mol. The maximum absolute atomic E-state index is 13.0. The van der Waals surface area contributed by atoms with E-state index in [9.17, 15) is 18.0 Å². The van der Waals surface area contributed by atoms with Gasteiger partial charge in [0, 0.05) is 5.41 Å². The number of halogens is 3. The minimum absolute atomic E-state index is 0.162. The lowest BCUT2D eigenvalue weighted by molar-refractivity contribution is -0.136. The molecule has 0 radical (unpaired) electrons. The molecular formula is C16H17F3N2O2. The van der Waals surface area contributed by atoms with Crippen LogP contribution in [-0.4, -0.2) is 11.1 Å². The molecule has 23 heavy (non-hydrogen) atoms. The number of para-hydroxylation sites is 1. The van der Waals surface area contributed by atoms with Gasteiger partial charge < -0.3 is 9.84 Å². The fourth-order valence-corrected chi connectivity index (χ4v) is 2.18. The normalized spacial score (nSPS) is 12.3. The van der Waals surface area contributed by atoms with Crippen LogP contribution in [0.15, 0.2) is 28.8 Å². The average Bonchev–Trinajstić information content (AvgIpc) is 2.80. The first kappa shape index (κ1) is 17.1. The Kier molecular flexibility index (Phi) is 4.24. The number of aromatic nitrogens is 1. The molecule has 0 bridgehead atoms. The molecule has 0 saturated carbocycles. The SMILES string of the molecule is Cc1onc(C(C)(C)C)c1C(=O)Nc1ccccc1C(F)(F)F. The van der Waals surface area contributed by atoms with Crippen molar-refractivity contribution in [2.45, 2.75) is 39.3 Å². The summed E-state index contributed by atoms with van der Waals surface area (Å²) < 4.78 is 44.1. The van der Waals surface area contributed by atoms with E-state index in [1.54, 1.807) is 6.92 Å². The van der Waals surface area contributed by atoms with Crippen LogP contribution in [0, 0.1) is 6.92 Å². The number of carbonyl (C=O) groups is 1. The summed E-state index contributed by atoms with van der Waals surface area (Å²) in [5.74, 6) is -0.415. The molecule has 1 aromatic heterocycles. The van der Waals surface area contributed by atoms with Gasteiger partial charge in [0.1, 0.15) is 17.0 Å². The summed E-state index contributed by atoms with van der Waals surface area (Å²) in [7, 11) is 0. The molecule has 1 N–H and O–H groups in total. The van der Waals surface area contributed by atoms with E-state index in [-0.39, 0.29) is 17.0 Å². The van der Waals surface area contributed by atoms with Crippen LogP contribution in [0.3, 0.4) is 0 Å². The van der Waals surface area contributed by atoms with Gasteiger partial charge in [-0.2, -0.15) is 13.2 Å². The molecule has 0 unspecified atom stereocenters. The van der Waals surface area contributed by atoms with Crippen molar-refractivity contribution in [3.8, 4) is 0 Å². The average molecular weight is 326 g/mol. The minimum Gasteiger partial charge on any atom is -0.361 e. The lowest BCUT2D eigenvalue weighted by Crippen LogP contribution is -2.22. The Bertz CT molecular complexity index is 728. The van der Waals surface area contributed by atoms with E-state index < -0.39 is 23.1 Å². The maximum atomic E-state index is 13.0. The van der Waals surface area contributed by atoms with Crippen molar-refractivity contribution >= 4 is 11.6 Å². The largest absolute Gasteiger partial charge is 0.418 e. The summed E-state index contributed by atoms with van der Waals surface area (Å²) in [6.45, 7) is 7.06. The van der Waals surface area contributed by atoms with Crippen molar-refractivity contribution in [2.24, 2.45) is 0 Å². The molecule has 0 aliphatic carbocycles. The molecule has 0 fully saturated rings. The summed E-state index contributed by atoms with van der Waals surface area (Å²) in [5, 5.41) is 6.18. The molecule has 7 heteroatoms. The Hall–Kier alpha value is -2.31. The number of benzene rings is 1. The van der Waals surface area contributed by atoms with Gasteiger partial charge in [0.25, 0.3) is 5.91 Å². The second-order valence-electron chi connectivity index (χ2n) is 6.21. The smallest absolute Gasteiger partial charge is 0.361 e. The number of nitrogens with one attached hydrogen (secondary N) is 1. The molecule has 0 aliphatic rings. The lowest BCUT2D eigenvalue weighted by Gasteiger charge is -2.17. The van der Waals surface area contributed by atoms with Crippen LogP contribution in [0.4, 0.5) is 18.9 Å². The molecule has 2 aromatic rings. The van der Waals surface area contributed by atoms with Crippen molar-refractivity contribution in [3.05, 3.63) is 46.8 Å². The highest BCUT2D eigenvalue weighted by Crippen LogP contribution is 2.35. The van der Waals surface area contributed by atoms with E-state index in [1.165, 1.54) is 18.2 Å². The number of carbonyl (C=O) groups excluding carboxylic acids is 1. The Labute approximate surface area is 131 Å². The number of rotatable bonds is 2. The third kappa shape index (κ3) is 3.55. The van der Waals surface area contributed by atoms with Gasteiger partial charge >= 0.3 is 6.18 Å². The topological polar surface area (TPSA) is 55.1 Å². The summed E-state index contributed by atoms with van der Waals surface area (Å²) in [5.41, 5.74) is -1.12. The highest BCUT2D eigenvalue weighted by Gasteiger charge is 2.35. The van der Waals surface area contributed by atoms with Crippen LogP contribution in [0.2, 0.25) is 0 Å². The van der Waals surface area contributed by atoms with Crippen LogP contribution >= 0.6 is 0 Å². The van der Waals surface area contributed by atoms with Gasteiger partial charge in [-0.15, -0.1) is 0 Å². The van der Waals surface area contributed by atoms with Crippen molar-refractivity contribution in [2.75, 3.05) is 5.32 Å². The van der Waals surface area contributed by atoms with Crippen molar-refractivity contribution in [1.29, 1.82) is 0 Å². The number of anilines is 1. The van der Waals surface area contributed by atoms with Crippen molar-refractivity contribution < 1.29 is 22.5 Å². The van der Waals surface area contributed by atoms with E-state index in [2.05, 4.69) is 10.5 Å². The van der Waals surface area contributed by atoms with Crippen LogP contribution < -0.4 is 5.32 Å². The molecule has 2 rings (SSSR count). The highest BCUT2D eigenvalue weighted by atomic mass is 19.4. The van der Waals surface area contributed by atoms with Crippen LogP contribution in [0.5, 0.6) is 0 Å². The van der Waals surface area contributed by atoms with E-state index in [0.29, 0.717) is 5.69 Å². The second kappa shape index (κ2) is 5.72. The van der Waals surface area contributed by atoms with Gasteiger partial charge in [0.2, 0.25) is 0 Å². The number of amides is 1. The molecule has 0 spiro atoms. The molecule has 124 valence electrons. The van der Waals surface area contributed by atoms with Gasteiger partial charge in [-0.05, 0) is 19.1 Å².